The minimum atomic E-state index is -0.111. The number of rotatable bonds is 10. The summed E-state index contributed by atoms with van der Waals surface area (Å²) in [6.07, 6.45) is 3.49. The number of ether oxygens (including phenoxy) is 1. The molecule has 1 N–H and O–H groups in total. The molecule has 1 aliphatic heterocycles. The molecule has 0 saturated carbocycles. The summed E-state index contributed by atoms with van der Waals surface area (Å²) >= 11 is 6.14. The minimum Gasteiger partial charge on any atom is -0.370 e. The van der Waals surface area contributed by atoms with E-state index >= 15 is 0 Å². The zero-order chi connectivity index (χ0) is 24.5. The van der Waals surface area contributed by atoms with Crippen molar-refractivity contribution < 1.29 is 9.53 Å². The van der Waals surface area contributed by atoms with E-state index in [2.05, 4.69) is 62.6 Å². The molecule has 2 atom stereocenters. The van der Waals surface area contributed by atoms with E-state index < -0.39 is 0 Å². The van der Waals surface area contributed by atoms with Crippen molar-refractivity contribution in [2.75, 3.05) is 45.9 Å². The highest BCUT2D eigenvalue weighted by atomic mass is 35.5. The third-order valence-electron chi connectivity index (χ3n) is 6.42. The van der Waals surface area contributed by atoms with Gasteiger partial charge in [0.1, 0.15) is 6.61 Å². The summed E-state index contributed by atoms with van der Waals surface area (Å²) in [5.41, 5.74) is 3.52. The molecule has 6 nitrogen and oxygen atoms in total. The molecule has 1 aromatic heterocycles. The summed E-state index contributed by atoms with van der Waals surface area (Å²) < 4.78 is 5.66. The summed E-state index contributed by atoms with van der Waals surface area (Å²) in [5.74, 6) is -0.111. The van der Waals surface area contributed by atoms with E-state index in [1.165, 1.54) is 11.1 Å². The monoisotopic (exact) mass is 492 g/mol. The number of pyridine rings is 1. The number of benzene rings is 2. The van der Waals surface area contributed by atoms with Crippen LogP contribution < -0.4 is 5.32 Å². The van der Waals surface area contributed by atoms with Crippen LogP contribution in [0.4, 0.5) is 0 Å². The molecule has 0 radical (unpaired) electrons. The second-order valence-electron chi connectivity index (χ2n) is 8.87. The van der Waals surface area contributed by atoms with Crippen LogP contribution in [0, 0.1) is 0 Å². The predicted molar refractivity (Wildman–Crippen MR) is 139 cm³/mol. The zero-order valence-corrected chi connectivity index (χ0v) is 20.9. The van der Waals surface area contributed by atoms with E-state index in [4.69, 9.17) is 16.3 Å². The van der Waals surface area contributed by atoms with E-state index in [0.717, 1.165) is 43.3 Å². The summed E-state index contributed by atoms with van der Waals surface area (Å²) in [5, 5.41) is 3.71. The molecule has 35 heavy (non-hydrogen) atoms. The lowest BCUT2D eigenvalue weighted by Gasteiger charge is -2.39. The van der Waals surface area contributed by atoms with Gasteiger partial charge in [-0.1, -0.05) is 60.1 Å². The van der Waals surface area contributed by atoms with Gasteiger partial charge in [0.2, 0.25) is 5.91 Å². The number of hydrogen-bond acceptors (Lipinski definition) is 5. The first-order chi connectivity index (χ1) is 17.1. The minimum absolute atomic E-state index is 0.0667. The Morgan fingerprint density at radius 3 is 2.34 bits per heavy atom. The van der Waals surface area contributed by atoms with Crippen molar-refractivity contribution in [2.24, 2.45) is 0 Å². The summed E-state index contributed by atoms with van der Waals surface area (Å²) in [7, 11) is 0. The summed E-state index contributed by atoms with van der Waals surface area (Å²) in [6.45, 7) is 7.22. The van der Waals surface area contributed by atoms with Crippen LogP contribution in [0.1, 0.15) is 35.7 Å². The quantitative estimate of drug-likeness (QED) is 0.427. The number of carbonyl (C=O) groups excluding carboxylic acids is 1. The maximum Gasteiger partial charge on any atom is 0.246 e. The van der Waals surface area contributed by atoms with Gasteiger partial charge in [-0.25, -0.2) is 0 Å². The normalized spacial score (nSPS) is 16.5. The number of aromatic nitrogens is 1. The molecule has 1 saturated heterocycles. The number of halogens is 1. The van der Waals surface area contributed by atoms with Crippen LogP contribution in [0.3, 0.4) is 0 Å². The first-order valence-corrected chi connectivity index (χ1v) is 12.5. The topological polar surface area (TPSA) is 57.7 Å². The predicted octanol–water partition coefficient (Wildman–Crippen LogP) is 4.34. The maximum absolute atomic E-state index is 12.2. The number of nitrogens with one attached hydrogen (secondary N) is 1. The van der Waals surface area contributed by atoms with Crippen molar-refractivity contribution >= 4 is 17.5 Å². The molecule has 1 fully saturated rings. The molecule has 7 heteroatoms. The van der Waals surface area contributed by atoms with Crippen molar-refractivity contribution in [1.29, 1.82) is 0 Å². The van der Waals surface area contributed by atoms with Gasteiger partial charge in [-0.15, -0.1) is 0 Å². The average Bonchev–Trinajstić information content (AvgIpc) is 2.90. The highest BCUT2D eigenvalue weighted by Crippen LogP contribution is 2.30. The molecule has 2 aromatic carbocycles. The molecule has 0 bridgehead atoms. The molecule has 3 aromatic rings. The number of piperazine rings is 1. The van der Waals surface area contributed by atoms with Crippen molar-refractivity contribution in [3.8, 4) is 0 Å². The fourth-order valence-electron chi connectivity index (χ4n) is 4.50. The summed E-state index contributed by atoms with van der Waals surface area (Å²) in [4.78, 5) is 21.2. The largest absolute Gasteiger partial charge is 0.370 e. The Labute approximate surface area is 212 Å². The molecule has 2 unspecified atom stereocenters. The van der Waals surface area contributed by atoms with Crippen molar-refractivity contribution in [3.63, 3.8) is 0 Å². The van der Waals surface area contributed by atoms with E-state index in [9.17, 15) is 4.79 Å². The van der Waals surface area contributed by atoms with Gasteiger partial charge in [-0.2, -0.15) is 0 Å². The molecular formula is C28H33ClN4O2. The highest BCUT2D eigenvalue weighted by molar-refractivity contribution is 6.30. The van der Waals surface area contributed by atoms with Crippen LogP contribution in [0.25, 0.3) is 0 Å². The molecule has 0 aliphatic carbocycles. The van der Waals surface area contributed by atoms with Gasteiger partial charge in [0.25, 0.3) is 0 Å². The lowest BCUT2D eigenvalue weighted by Crippen LogP contribution is -2.48. The SMILES string of the molecule is CC(NC(=O)COCCN1CCN(C(c2ccccc2)c2ccc(Cl)cc2)CC1)c1cccnc1. The summed E-state index contributed by atoms with van der Waals surface area (Å²) in [6, 6.07) is 22.8. The average molecular weight is 493 g/mol. The molecule has 1 amide bonds. The molecule has 2 heterocycles. The Hall–Kier alpha value is -2.77. The zero-order valence-electron chi connectivity index (χ0n) is 20.1. The van der Waals surface area contributed by atoms with Crippen LogP contribution >= 0.6 is 11.6 Å². The fourth-order valence-corrected chi connectivity index (χ4v) is 4.62. The molecule has 1 aliphatic rings. The third kappa shape index (κ3) is 7.36. The second kappa shape index (κ2) is 12.8. The Bertz CT molecular complexity index is 1040. The highest BCUT2D eigenvalue weighted by Gasteiger charge is 2.26. The van der Waals surface area contributed by atoms with Gasteiger partial charge in [-0.05, 0) is 41.8 Å². The van der Waals surface area contributed by atoms with Crippen LogP contribution in [0.5, 0.6) is 0 Å². The van der Waals surface area contributed by atoms with Gasteiger partial charge in [0.05, 0.1) is 18.7 Å². The smallest absolute Gasteiger partial charge is 0.246 e. The van der Waals surface area contributed by atoms with Crippen molar-refractivity contribution in [1.82, 2.24) is 20.1 Å². The third-order valence-corrected chi connectivity index (χ3v) is 6.67. The molecule has 4 rings (SSSR count). The van der Waals surface area contributed by atoms with E-state index in [1.54, 1.807) is 12.4 Å². The number of nitrogens with zero attached hydrogens (tertiary/aromatic N) is 3. The second-order valence-corrected chi connectivity index (χ2v) is 9.31. The first kappa shape index (κ1) is 25.3. The van der Waals surface area contributed by atoms with Crippen LogP contribution in [-0.2, 0) is 9.53 Å². The van der Waals surface area contributed by atoms with Gasteiger partial charge < -0.3 is 10.1 Å². The fraction of sp³-hybridized carbons (Fsp3) is 0.357. The lowest BCUT2D eigenvalue weighted by atomic mass is 9.96. The van der Waals surface area contributed by atoms with Crippen molar-refractivity contribution in [3.05, 3.63) is 101 Å². The molecule has 0 spiro atoms. The van der Waals surface area contributed by atoms with E-state index in [-0.39, 0.29) is 24.6 Å². The number of hydrogen-bond donors (Lipinski definition) is 1. The van der Waals surface area contributed by atoms with Gasteiger partial charge in [-0.3, -0.25) is 19.6 Å². The molecular weight excluding hydrogens is 460 g/mol. The maximum atomic E-state index is 12.2. The number of amides is 1. The Morgan fingerprint density at radius 1 is 0.971 bits per heavy atom. The first-order valence-electron chi connectivity index (χ1n) is 12.1. The number of carbonyl (C=O) groups is 1. The van der Waals surface area contributed by atoms with Crippen LogP contribution in [0.2, 0.25) is 5.02 Å². The van der Waals surface area contributed by atoms with E-state index in [1.807, 2.05) is 31.2 Å². The van der Waals surface area contributed by atoms with Crippen molar-refractivity contribution in [2.45, 2.75) is 19.0 Å². The van der Waals surface area contributed by atoms with Gasteiger partial charge in [0.15, 0.2) is 0 Å². The Balaban J connectivity index is 1.22. The Kier molecular flexibility index (Phi) is 9.26. The van der Waals surface area contributed by atoms with E-state index in [0.29, 0.717) is 6.61 Å². The van der Waals surface area contributed by atoms with Crippen LogP contribution in [0.15, 0.2) is 79.1 Å². The standard InChI is InChI=1S/C28H33ClN4O2/c1-22(25-8-5-13-30-20-25)31-27(34)21-35-19-18-32-14-16-33(17-15-32)28(23-6-3-2-4-7-23)24-9-11-26(29)12-10-24/h2-13,20,22,28H,14-19,21H2,1H3,(H,31,34). The van der Waals surface area contributed by atoms with Gasteiger partial charge in [0, 0.05) is 50.1 Å². The lowest BCUT2D eigenvalue weighted by molar-refractivity contribution is -0.126. The Morgan fingerprint density at radius 2 is 1.66 bits per heavy atom. The van der Waals surface area contributed by atoms with Crippen LogP contribution in [-0.4, -0.2) is 66.6 Å². The van der Waals surface area contributed by atoms with Gasteiger partial charge >= 0.3 is 0 Å². The molecule has 184 valence electrons.